The average Bonchev–Trinajstić information content (AvgIpc) is 2.55. The number of nitrogens with zero attached hydrogens (tertiary/aromatic N) is 2. The van der Waals surface area contributed by atoms with Gasteiger partial charge in [-0.25, -0.2) is 27.9 Å². The number of methoxy groups -OCH3 is 1. The highest BCUT2D eigenvalue weighted by atomic mass is 35.5. The van der Waals surface area contributed by atoms with Crippen LogP contribution in [0.15, 0.2) is 18.3 Å². The van der Waals surface area contributed by atoms with Crippen LogP contribution in [0.2, 0.25) is 5.02 Å². The Balaban J connectivity index is 2.68. The van der Waals surface area contributed by atoms with Crippen molar-refractivity contribution in [1.82, 2.24) is 9.97 Å². The van der Waals surface area contributed by atoms with Gasteiger partial charge in [0.05, 0.1) is 29.7 Å². The van der Waals surface area contributed by atoms with E-state index in [4.69, 9.17) is 11.6 Å². The molecule has 0 aliphatic heterocycles. The number of esters is 1. The molecule has 0 amide bonds. The molecule has 0 aliphatic rings. The van der Waals surface area contributed by atoms with E-state index in [2.05, 4.69) is 14.7 Å². The van der Waals surface area contributed by atoms with Crippen molar-refractivity contribution in [2.24, 2.45) is 0 Å². The van der Waals surface area contributed by atoms with Crippen LogP contribution in [0.1, 0.15) is 35.1 Å². The maximum atomic E-state index is 14.2. The first-order valence-electron chi connectivity index (χ1n) is 6.61. The van der Waals surface area contributed by atoms with Gasteiger partial charge in [0.1, 0.15) is 0 Å². The highest BCUT2D eigenvalue weighted by molar-refractivity contribution is 6.31. The van der Waals surface area contributed by atoms with E-state index in [1.54, 1.807) is 6.92 Å². The van der Waals surface area contributed by atoms with Gasteiger partial charge in [-0.1, -0.05) is 24.6 Å². The quantitative estimate of drug-likeness (QED) is 0.779. The number of carbonyl (C=O) groups excluding carboxylic acids is 1. The molecular formula is C15H12ClF3N2O2. The van der Waals surface area contributed by atoms with Gasteiger partial charge in [0, 0.05) is 11.1 Å². The molecule has 4 nitrogen and oxygen atoms in total. The van der Waals surface area contributed by atoms with Gasteiger partial charge in [0.15, 0.2) is 11.5 Å². The standard InChI is InChI=1S/C15H12ClF3N2O2/c1-3-9-13(15(22)23-2)20-6-10(21-9)11-7(14(18)19)4-5-8(16)12(11)17/h4-6,14H,3H2,1-2H3. The topological polar surface area (TPSA) is 52.1 Å². The summed E-state index contributed by atoms with van der Waals surface area (Å²) in [7, 11) is 1.18. The Hall–Kier alpha value is -2.15. The summed E-state index contributed by atoms with van der Waals surface area (Å²) < 4.78 is 45.1. The number of hydrogen-bond donors (Lipinski definition) is 0. The first-order valence-corrected chi connectivity index (χ1v) is 6.99. The van der Waals surface area contributed by atoms with Gasteiger partial charge in [-0.3, -0.25) is 0 Å². The Morgan fingerprint density at radius 2 is 2.09 bits per heavy atom. The van der Waals surface area contributed by atoms with Gasteiger partial charge in [0.2, 0.25) is 0 Å². The highest BCUT2D eigenvalue weighted by Crippen LogP contribution is 2.35. The summed E-state index contributed by atoms with van der Waals surface area (Å²) in [5.41, 5.74) is -0.918. The normalized spacial score (nSPS) is 10.9. The van der Waals surface area contributed by atoms with Crippen molar-refractivity contribution in [2.45, 2.75) is 19.8 Å². The van der Waals surface area contributed by atoms with Crippen molar-refractivity contribution in [2.75, 3.05) is 7.11 Å². The van der Waals surface area contributed by atoms with E-state index in [1.165, 1.54) is 7.11 Å². The maximum Gasteiger partial charge on any atom is 0.358 e. The number of benzene rings is 1. The second-order valence-corrected chi connectivity index (χ2v) is 4.93. The van der Waals surface area contributed by atoms with Crippen LogP contribution in [0.3, 0.4) is 0 Å². The summed E-state index contributed by atoms with van der Waals surface area (Å²) in [4.78, 5) is 19.6. The van der Waals surface area contributed by atoms with Crippen molar-refractivity contribution in [3.63, 3.8) is 0 Å². The molecule has 0 saturated heterocycles. The van der Waals surface area contributed by atoms with Crippen molar-refractivity contribution in [3.8, 4) is 11.3 Å². The summed E-state index contributed by atoms with van der Waals surface area (Å²) in [5.74, 6) is -1.71. The number of aryl methyl sites for hydroxylation is 1. The largest absolute Gasteiger partial charge is 0.464 e. The Bertz CT molecular complexity index is 754. The Morgan fingerprint density at radius 1 is 1.39 bits per heavy atom. The van der Waals surface area contributed by atoms with Crippen LogP contribution in [0.5, 0.6) is 0 Å². The van der Waals surface area contributed by atoms with Crippen molar-refractivity contribution >= 4 is 17.6 Å². The van der Waals surface area contributed by atoms with E-state index < -0.39 is 29.3 Å². The average molecular weight is 345 g/mol. The molecule has 0 atom stereocenters. The Kier molecular flexibility index (Phi) is 5.20. The van der Waals surface area contributed by atoms with Crippen LogP contribution in [0, 0.1) is 5.82 Å². The lowest BCUT2D eigenvalue weighted by molar-refractivity contribution is 0.0592. The predicted molar refractivity (Wildman–Crippen MR) is 78.1 cm³/mol. The fourth-order valence-corrected chi connectivity index (χ4v) is 2.23. The van der Waals surface area contributed by atoms with E-state index in [1.807, 2.05) is 0 Å². The molecule has 23 heavy (non-hydrogen) atoms. The van der Waals surface area contributed by atoms with E-state index >= 15 is 0 Å². The third-order valence-corrected chi connectivity index (χ3v) is 3.47. The lowest BCUT2D eigenvalue weighted by Crippen LogP contribution is -2.11. The minimum Gasteiger partial charge on any atom is -0.464 e. The van der Waals surface area contributed by atoms with Gasteiger partial charge in [-0.2, -0.15) is 0 Å². The molecule has 2 aromatic rings. The van der Waals surface area contributed by atoms with Crippen LogP contribution in [0.25, 0.3) is 11.3 Å². The molecule has 1 aromatic heterocycles. The molecule has 0 N–H and O–H groups in total. The minimum atomic E-state index is -2.91. The Morgan fingerprint density at radius 3 is 2.65 bits per heavy atom. The smallest absolute Gasteiger partial charge is 0.358 e. The number of carbonyl (C=O) groups is 1. The summed E-state index contributed by atoms with van der Waals surface area (Å²) in [6, 6.07) is 2.09. The van der Waals surface area contributed by atoms with E-state index in [0.29, 0.717) is 0 Å². The predicted octanol–water partition coefficient (Wildman–Crippen LogP) is 4.22. The number of aromatic nitrogens is 2. The third kappa shape index (κ3) is 3.29. The van der Waals surface area contributed by atoms with Crippen molar-refractivity contribution < 1.29 is 22.7 Å². The van der Waals surface area contributed by atoms with Gasteiger partial charge in [0.25, 0.3) is 6.43 Å². The van der Waals surface area contributed by atoms with Gasteiger partial charge in [-0.05, 0) is 12.5 Å². The molecule has 0 aliphatic carbocycles. The number of rotatable bonds is 4. The molecule has 122 valence electrons. The molecule has 2 rings (SSSR count). The van der Waals surface area contributed by atoms with Gasteiger partial charge >= 0.3 is 5.97 Å². The van der Waals surface area contributed by atoms with Crippen LogP contribution < -0.4 is 0 Å². The zero-order valence-electron chi connectivity index (χ0n) is 12.2. The van der Waals surface area contributed by atoms with E-state index in [-0.39, 0.29) is 28.5 Å². The molecular weight excluding hydrogens is 333 g/mol. The molecule has 1 aromatic carbocycles. The Labute approximate surface area is 135 Å². The number of ether oxygens (including phenoxy) is 1. The second kappa shape index (κ2) is 6.95. The lowest BCUT2D eigenvalue weighted by atomic mass is 10.0. The summed E-state index contributed by atoms with van der Waals surface area (Å²) in [6.45, 7) is 1.70. The first kappa shape index (κ1) is 17.2. The van der Waals surface area contributed by atoms with Gasteiger partial charge in [-0.15, -0.1) is 0 Å². The number of halogens is 4. The van der Waals surface area contributed by atoms with Crippen LogP contribution in [-0.2, 0) is 11.2 Å². The maximum absolute atomic E-state index is 14.2. The molecule has 0 spiro atoms. The summed E-state index contributed by atoms with van der Waals surface area (Å²) >= 11 is 5.68. The fraction of sp³-hybridized carbons (Fsp3) is 0.267. The third-order valence-electron chi connectivity index (χ3n) is 3.18. The SMILES string of the molecule is CCc1nc(-c2c(C(F)F)ccc(Cl)c2F)cnc1C(=O)OC. The van der Waals surface area contributed by atoms with Crippen LogP contribution in [-0.4, -0.2) is 23.0 Å². The van der Waals surface area contributed by atoms with Crippen LogP contribution >= 0.6 is 11.6 Å². The number of alkyl halides is 2. The molecule has 8 heteroatoms. The monoisotopic (exact) mass is 344 g/mol. The molecule has 0 unspecified atom stereocenters. The van der Waals surface area contributed by atoms with E-state index in [0.717, 1.165) is 18.3 Å². The highest BCUT2D eigenvalue weighted by Gasteiger charge is 2.23. The fourth-order valence-electron chi connectivity index (χ4n) is 2.07. The lowest BCUT2D eigenvalue weighted by Gasteiger charge is -2.12. The zero-order valence-corrected chi connectivity index (χ0v) is 13.0. The van der Waals surface area contributed by atoms with E-state index in [9.17, 15) is 18.0 Å². The second-order valence-electron chi connectivity index (χ2n) is 4.52. The summed E-state index contributed by atoms with van der Waals surface area (Å²) in [5, 5.41) is -0.304. The van der Waals surface area contributed by atoms with Crippen molar-refractivity contribution in [1.29, 1.82) is 0 Å². The first-order chi connectivity index (χ1) is 10.9. The summed E-state index contributed by atoms with van der Waals surface area (Å²) in [6.07, 6.45) is -1.58. The van der Waals surface area contributed by atoms with Crippen molar-refractivity contribution in [3.05, 3.63) is 46.1 Å². The zero-order chi connectivity index (χ0) is 17.1. The molecule has 0 fully saturated rings. The molecule has 0 radical (unpaired) electrons. The molecule has 0 saturated carbocycles. The van der Waals surface area contributed by atoms with Crippen LogP contribution in [0.4, 0.5) is 13.2 Å². The minimum absolute atomic E-state index is 0.0419. The molecule has 1 heterocycles. The van der Waals surface area contributed by atoms with Gasteiger partial charge < -0.3 is 4.74 Å². The molecule has 0 bridgehead atoms. The number of hydrogen-bond acceptors (Lipinski definition) is 4.